The Bertz CT molecular complexity index is 820. The van der Waals surface area contributed by atoms with E-state index in [1.807, 2.05) is 31.2 Å². The molecule has 2 rings (SSSR count). The summed E-state index contributed by atoms with van der Waals surface area (Å²) >= 11 is 3.14. The fourth-order valence-corrected chi connectivity index (χ4v) is 2.36. The molecule has 0 fully saturated rings. The van der Waals surface area contributed by atoms with Crippen molar-refractivity contribution in [1.29, 1.82) is 0 Å². The number of halogens is 2. The zero-order valence-corrected chi connectivity index (χ0v) is 15.3. The Morgan fingerprint density at radius 2 is 1.96 bits per heavy atom. The first kappa shape index (κ1) is 18.9. The van der Waals surface area contributed by atoms with E-state index in [2.05, 4.69) is 21.2 Å². The Balaban J connectivity index is 1.94. The molecule has 130 valence electrons. The first-order valence-corrected chi connectivity index (χ1v) is 8.36. The van der Waals surface area contributed by atoms with E-state index in [4.69, 9.17) is 4.74 Å². The quantitative estimate of drug-likeness (QED) is 0.589. The molecule has 0 aromatic heterocycles. The van der Waals surface area contributed by atoms with E-state index in [1.165, 1.54) is 25.1 Å². The highest BCUT2D eigenvalue weighted by Gasteiger charge is 2.18. The molecule has 0 aliphatic heterocycles. The van der Waals surface area contributed by atoms with Crippen molar-refractivity contribution in [2.75, 3.05) is 5.32 Å². The van der Waals surface area contributed by atoms with Crippen molar-refractivity contribution in [1.82, 2.24) is 0 Å². The number of rotatable bonds is 5. The first-order chi connectivity index (χ1) is 11.9. The van der Waals surface area contributed by atoms with Gasteiger partial charge in [0.15, 0.2) is 6.10 Å². The van der Waals surface area contributed by atoms with E-state index >= 15 is 0 Å². The van der Waals surface area contributed by atoms with Crippen LogP contribution in [0.5, 0.6) is 0 Å². The second-order valence-electron chi connectivity index (χ2n) is 5.38. The van der Waals surface area contributed by atoms with Crippen molar-refractivity contribution < 1.29 is 18.7 Å². The number of carbonyl (C=O) groups is 2. The molecule has 0 spiro atoms. The molecule has 2 aromatic carbocycles. The van der Waals surface area contributed by atoms with Crippen LogP contribution in [-0.2, 0) is 14.3 Å². The van der Waals surface area contributed by atoms with Gasteiger partial charge in [-0.25, -0.2) is 9.18 Å². The van der Waals surface area contributed by atoms with Gasteiger partial charge in [-0.3, -0.25) is 4.79 Å². The summed E-state index contributed by atoms with van der Waals surface area (Å²) < 4.78 is 19.3. The predicted molar refractivity (Wildman–Crippen MR) is 98.5 cm³/mol. The van der Waals surface area contributed by atoms with Gasteiger partial charge in [0, 0.05) is 10.5 Å². The Hall–Kier alpha value is -2.47. The summed E-state index contributed by atoms with van der Waals surface area (Å²) in [5, 5.41) is 2.39. The van der Waals surface area contributed by atoms with Crippen LogP contribution in [-0.4, -0.2) is 18.0 Å². The average Bonchev–Trinajstić information content (AvgIpc) is 2.56. The Morgan fingerprint density at radius 1 is 1.24 bits per heavy atom. The van der Waals surface area contributed by atoms with Gasteiger partial charge in [-0.2, -0.15) is 0 Å². The zero-order valence-electron chi connectivity index (χ0n) is 13.8. The molecule has 1 N–H and O–H groups in total. The number of ether oxygens (including phenoxy) is 1. The lowest BCUT2D eigenvalue weighted by atomic mass is 10.1. The molecule has 0 bridgehead atoms. The highest BCUT2D eigenvalue weighted by Crippen LogP contribution is 2.19. The summed E-state index contributed by atoms with van der Waals surface area (Å²) in [6, 6.07) is 11.8. The maximum atomic E-state index is 13.7. The number of nitrogens with one attached hydrogen (secondary N) is 1. The maximum Gasteiger partial charge on any atom is 0.331 e. The minimum atomic E-state index is -1.06. The lowest BCUT2D eigenvalue weighted by Crippen LogP contribution is -2.29. The Kier molecular flexibility index (Phi) is 6.47. The third-order valence-corrected chi connectivity index (χ3v) is 3.93. The topological polar surface area (TPSA) is 55.4 Å². The molecule has 0 aliphatic carbocycles. The highest BCUT2D eigenvalue weighted by atomic mass is 79.9. The summed E-state index contributed by atoms with van der Waals surface area (Å²) in [5.41, 5.74) is 1.92. The lowest BCUT2D eigenvalue weighted by Gasteiger charge is -2.13. The molecule has 25 heavy (non-hydrogen) atoms. The fraction of sp³-hybridized carbons (Fsp3) is 0.158. The largest absolute Gasteiger partial charge is 0.449 e. The molecule has 0 unspecified atom stereocenters. The minimum Gasteiger partial charge on any atom is -0.449 e. The molecule has 0 saturated heterocycles. The summed E-state index contributed by atoms with van der Waals surface area (Å²) in [7, 11) is 0. The molecular weight excluding hydrogens is 389 g/mol. The second-order valence-corrected chi connectivity index (χ2v) is 6.30. The number of hydrogen-bond acceptors (Lipinski definition) is 3. The Morgan fingerprint density at radius 3 is 2.64 bits per heavy atom. The predicted octanol–water partition coefficient (Wildman–Crippen LogP) is 4.48. The SMILES string of the molecule is Cc1ccccc1/C=C/C(=O)O[C@H](C)C(=O)Nc1ccc(Br)cc1F. The molecule has 1 atom stereocenters. The first-order valence-electron chi connectivity index (χ1n) is 7.57. The van der Waals surface area contributed by atoms with Crippen molar-refractivity contribution in [3.05, 3.63) is 70.0 Å². The van der Waals surface area contributed by atoms with E-state index < -0.39 is 23.8 Å². The van der Waals surface area contributed by atoms with Crippen LogP contribution in [0.2, 0.25) is 0 Å². The second kappa shape index (κ2) is 8.58. The average molecular weight is 406 g/mol. The molecule has 0 radical (unpaired) electrons. The van der Waals surface area contributed by atoms with Gasteiger partial charge >= 0.3 is 5.97 Å². The van der Waals surface area contributed by atoms with Crippen LogP contribution < -0.4 is 5.32 Å². The number of aryl methyl sites for hydroxylation is 1. The highest BCUT2D eigenvalue weighted by molar-refractivity contribution is 9.10. The summed E-state index contributed by atoms with van der Waals surface area (Å²) in [6.45, 7) is 3.35. The normalized spacial score (nSPS) is 12.0. The van der Waals surface area contributed by atoms with Crippen molar-refractivity contribution in [2.24, 2.45) is 0 Å². The van der Waals surface area contributed by atoms with Gasteiger partial charge in [-0.1, -0.05) is 40.2 Å². The van der Waals surface area contributed by atoms with E-state index in [-0.39, 0.29) is 5.69 Å². The van der Waals surface area contributed by atoms with Crippen molar-refractivity contribution in [2.45, 2.75) is 20.0 Å². The third kappa shape index (κ3) is 5.53. The summed E-state index contributed by atoms with van der Waals surface area (Å²) in [5.74, 6) is -1.85. The molecular formula is C19H17BrFNO3. The monoisotopic (exact) mass is 405 g/mol. The number of esters is 1. The van der Waals surface area contributed by atoms with Gasteiger partial charge in [-0.15, -0.1) is 0 Å². The van der Waals surface area contributed by atoms with Crippen molar-refractivity contribution >= 4 is 39.6 Å². The standard InChI is InChI=1S/C19H17BrFNO3/c1-12-5-3-4-6-14(12)7-10-18(23)25-13(2)19(24)22-17-9-8-15(20)11-16(17)21/h3-11,13H,1-2H3,(H,22,24)/b10-7+/t13-/m1/s1. The summed E-state index contributed by atoms with van der Waals surface area (Å²) in [4.78, 5) is 23.9. The number of hydrogen-bond donors (Lipinski definition) is 1. The molecule has 1 amide bonds. The van der Waals surface area contributed by atoms with Crippen LogP contribution >= 0.6 is 15.9 Å². The molecule has 0 saturated carbocycles. The fourth-order valence-electron chi connectivity index (χ4n) is 2.02. The van der Waals surface area contributed by atoms with Crippen LogP contribution in [0.25, 0.3) is 6.08 Å². The van der Waals surface area contributed by atoms with Gasteiger partial charge in [0.1, 0.15) is 5.82 Å². The number of benzene rings is 2. The van der Waals surface area contributed by atoms with Crippen molar-refractivity contribution in [3.8, 4) is 0 Å². The van der Waals surface area contributed by atoms with Gasteiger partial charge in [0.25, 0.3) is 5.91 Å². The van der Waals surface area contributed by atoms with Crippen molar-refractivity contribution in [3.63, 3.8) is 0 Å². The molecule has 2 aromatic rings. The number of carbonyl (C=O) groups excluding carboxylic acids is 2. The lowest BCUT2D eigenvalue weighted by molar-refractivity contribution is -0.148. The van der Waals surface area contributed by atoms with Crippen LogP contribution in [0.15, 0.2) is 53.0 Å². The molecule has 6 heteroatoms. The minimum absolute atomic E-state index is 0.0200. The number of amides is 1. The maximum absolute atomic E-state index is 13.7. The number of anilines is 1. The van der Waals surface area contributed by atoms with Crippen LogP contribution in [0.3, 0.4) is 0 Å². The molecule has 0 aliphatic rings. The third-order valence-electron chi connectivity index (χ3n) is 3.44. The Labute approximate surface area is 153 Å². The molecule has 0 heterocycles. The van der Waals surface area contributed by atoms with Crippen LogP contribution in [0.4, 0.5) is 10.1 Å². The van der Waals surface area contributed by atoms with Gasteiger partial charge in [-0.05, 0) is 49.2 Å². The van der Waals surface area contributed by atoms with Gasteiger partial charge in [0.05, 0.1) is 5.69 Å². The van der Waals surface area contributed by atoms with E-state index in [1.54, 1.807) is 12.1 Å². The van der Waals surface area contributed by atoms with Gasteiger partial charge in [0.2, 0.25) is 0 Å². The smallest absolute Gasteiger partial charge is 0.331 e. The van der Waals surface area contributed by atoms with Crippen LogP contribution in [0, 0.1) is 12.7 Å². The summed E-state index contributed by atoms with van der Waals surface area (Å²) in [6.07, 6.45) is 1.82. The van der Waals surface area contributed by atoms with E-state index in [9.17, 15) is 14.0 Å². The zero-order chi connectivity index (χ0) is 18.4. The van der Waals surface area contributed by atoms with E-state index in [0.29, 0.717) is 4.47 Å². The molecule has 4 nitrogen and oxygen atoms in total. The van der Waals surface area contributed by atoms with Crippen LogP contribution in [0.1, 0.15) is 18.1 Å². The van der Waals surface area contributed by atoms with E-state index in [0.717, 1.165) is 11.1 Å². The van der Waals surface area contributed by atoms with Gasteiger partial charge < -0.3 is 10.1 Å².